The van der Waals surface area contributed by atoms with Crippen LogP contribution in [-0.4, -0.2) is 53.4 Å². The Morgan fingerprint density at radius 1 is 0.775 bits per heavy atom. The minimum atomic E-state index is 0.421. The molecule has 3 heterocycles. The highest BCUT2D eigenvalue weighted by atomic mass is 16.5. The van der Waals surface area contributed by atoms with Gasteiger partial charge in [0.1, 0.15) is 17.3 Å². The first kappa shape index (κ1) is 26.5. The van der Waals surface area contributed by atoms with Gasteiger partial charge in [-0.2, -0.15) is 0 Å². The van der Waals surface area contributed by atoms with Crippen LogP contribution in [0.15, 0.2) is 60.9 Å². The number of nitrogen functional groups attached to an aromatic ring is 1. The third-order valence-corrected chi connectivity index (χ3v) is 6.64. The second kappa shape index (κ2) is 11.4. The fraction of sp³-hybridized carbons (Fsp3) is 0.241. The van der Waals surface area contributed by atoms with E-state index in [1.807, 2.05) is 55.6 Å². The number of methoxy groups -OCH3 is 4. The molecule has 206 valence electrons. The molecule has 0 atom stereocenters. The van der Waals surface area contributed by atoms with Gasteiger partial charge in [-0.15, -0.1) is 5.10 Å². The van der Waals surface area contributed by atoms with Crippen molar-refractivity contribution in [2.45, 2.75) is 13.1 Å². The lowest BCUT2D eigenvalue weighted by Gasteiger charge is -2.27. The van der Waals surface area contributed by atoms with E-state index in [4.69, 9.17) is 29.7 Å². The molecule has 0 fully saturated rings. The van der Waals surface area contributed by atoms with Crippen LogP contribution >= 0.6 is 0 Å². The number of benzene rings is 2. The predicted molar refractivity (Wildman–Crippen MR) is 153 cm³/mol. The zero-order valence-electron chi connectivity index (χ0n) is 23.1. The largest absolute Gasteiger partial charge is 0.493 e. The highest BCUT2D eigenvalue weighted by Gasteiger charge is 2.19. The number of nitrogens with zero attached hydrogens (tertiary/aromatic N) is 6. The Morgan fingerprint density at radius 2 is 1.38 bits per heavy atom. The Bertz CT molecular complexity index is 1600. The molecule has 0 spiro atoms. The molecule has 2 N–H and O–H groups in total. The molecule has 5 rings (SSSR count). The molecule has 0 radical (unpaired) electrons. The van der Waals surface area contributed by atoms with Crippen molar-refractivity contribution in [3.8, 4) is 34.4 Å². The number of rotatable bonds is 10. The van der Waals surface area contributed by atoms with E-state index in [9.17, 15) is 0 Å². The topological polar surface area (TPSA) is 123 Å². The number of anilines is 2. The van der Waals surface area contributed by atoms with E-state index in [1.54, 1.807) is 45.5 Å². The maximum absolute atomic E-state index is 6.09. The first-order valence-corrected chi connectivity index (χ1v) is 12.5. The minimum Gasteiger partial charge on any atom is -0.493 e. The molecule has 11 nitrogen and oxygen atoms in total. The van der Waals surface area contributed by atoms with Gasteiger partial charge in [-0.05, 0) is 52.9 Å². The summed E-state index contributed by atoms with van der Waals surface area (Å²) in [4.78, 5) is 11.7. The number of pyridine rings is 2. The van der Waals surface area contributed by atoms with Crippen molar-refractivity contribution in [2.24, 2.45) is 7.05 Å². The second-order valence-corrected chi connectivity index (χ2v) is 9.14. The lowest BCUT2D eigenvalue weighted by Crippen LogP contribution is -2.24. The monoisotopic (exact) mass is 541 g/mol. The van der Waals surface area contributed by atoms with Gasteiger partial charge < -0.3 is 29.6 Å². The smallest absolute Gasteiger partial charge is 0.161 e. The number of fused-ring (bicyclic) bond motifs is 1. The van der Waals surface area contributed by atoms with Gasteiger partial charge in [0.25, 0.3) is 0 Å². The Balaban J connectivity index is 1.67. The quantitative estimate of drug-likeness (QED) is 0.274. The van der Waals surface area contributed by atoms with Gasteiger partial charge in [0.15, 0.2) is 23.0 Å². The SMILES string of the molecule is COc1ccc(CN(Cc2ccc(OC)c(OC)c2)c2nc(-c3cnnn3C)cc3cc(N)ncc23)cc1OC. The maximum atomic E-state index is 6.09. The summed E-state index contributed by atoms with van der Waals surface area (Å²) in [6.45, 7) is 1.02. The molecule has 0 amide bonds. The average molecular weight is 542 g/mol. The Hall–Kier alpha value is -5.06. The van der Waals surface area contributed by atoms with E-state index in [2.05, 4.69) is 20.2 Å². The molecule has 0 saturated carbocycles. The Morgan fingerprint density at radius 3 is 1.90 bits per heavy atom. The van der Waals surface area contributed by atoms with Crippen LogP contribution < -0.4 is 29.6 Å². The van der Waals surface area contributed by atoms with Gasteiger partial charge in [0, 0.05) is 31.7 Å². The van der Waals surface area contributed by atoms with Gasteiger partial charge in [-0.1, -0.05) is 17.3 Å². The van der Waals surface area contributed by atoms with E-state index in [1.165, 1.54) is 0 Å². The predicted octanol–water partition coefficient (Wildman–Crippen LogP) is 4.25. The van der Waals surface area contributed by atoms with Gasteiger partial charge in [0.2, 0.25) is 0 Å². The lowest BCUT2D eigenvalue weighted by molar-refractivity contribution is 0.354. The summed E-state index contributed by atoms with van der Waals surface area (Å²) in [5, 5.41) is 9.90. The normalized spacial score (nSPS) is 10.9. The first-order valence-electron chi connectivity index (χ1n) is 12.5. The second-order valence-electron chi connectivity index (χ2n) is 9.14. The highest BCUT2D eigenvalue weighted by molar-refractivity contribution is 5.95. The summed E-state index contributed by atoms with van der Waals surface area (Å²) in [6, 6.07) is 15.6. The molecule has 0 bridgehead atoms. The van der Waals surface area contributed by atoms with E-state index in [0.717, 1.165) is 33.4 Å². The Kier molecular flexibility index (Phi) is 7.54. The van der Waals surface area contributed by atoms with Crippen LogP contribution in [0.25, 0.3) is 22.2 Å². The number of nitrogens with two attached hydrogens (primary N) is 1. The van der Waals surface area contributed by atoms with Crippen molar-refractivity contribution in [1.29, 1.82) is 0 Å². The van der Waals surface area contributed by atoms with Gasteiger partial charge in [0.05, 0.1) is 40.3 Å². The van der Waals surface area contributed by atoms with Gasteiger partial charge in [-0.25, -0.2) is 14.6 Å². The van der Waals surface area contributed by atoms with E-state index < -0.39 is 0 Å². The summed E-state index contributed by atoms with van der Waals surface area (Å²) < 4.78 is 23.7. The fourth-order valence-electron chi connectivity index (χ4n) is 4.65. The molecule has 11 heteroatoms. The molecule has 0 aliphatic heterocycles. The zero-order chi connectivity index (χ0) is 28.2. The summed E-state index contributed by atoms with van der Waals surface area (Å²) >= 11 is 0. The van der Waals surface area contributed by atoms with Crippen LogP contribution in [0.1, 0.15) is 11.1 Å². The average Bonchev–Trinajstić information content (AvgIpc) is 3.41. The van der Waals surface area contributed by atoms with Crippen molar-refractivity contribution in [3.05, 3.63) is 72.1 Å². The van der Waals surface area contributed by atoms with Crippen LogP contribution in [0.3, 0.4) is 0 Å². The molecule has 2 aromatic carbocycles. The van der Waals surface area contributed by atoms with Crippen LogP contribution in [0.5, 0.6) is 23.0 Å². The zero-order valence-corrected chi connectivity index (χ0v) is 23.1. The maximum Gasteiger partial charge on any atom is 0.161 e. The molecule has 0 unspecified atom stereocenters. The third kappa shape index (κ3) is 5.26. The number of ether oxygens (including phenoxy) is 4. The molecule has 0 saturated heterocycles. The molecule has 5 aromatic rings. The lowest BCUT2D eigenvalue weighted by atomic mass is 10.1. The highest BCUT2D eigenvalue weighted by Crippen LogP contribution is 2.35. The van der Waals surface area contributed by atoms with E-state index in [0.29, 0.717) is 47.6 Å². The van der Waals surface area contributed by atoms with Crippen LogP contribution in [0.4, 0.5) is 11.6 Å². The molecule has 0 aliphatic rings. The van der Waals surface area contributed by atoms with Crippen LogP contribution in [-0.2, 0) is 20.1 Å². The molecule has 40 heavy (non-hydrogen) atoms. The number of hydrogen-bond donors (Lipinski definition) is 1. The minimum absolute atomic E-state index is 0.421. The van der Waals surface area contributed by atoms with Crippen molar-refractivity contribution in [3.63, 3.8) is 0 Å². The summed E-state index contributed by atoms with van der Waals surface area (Å²) in [5.74, 6) is 3.76. The van der Waals surface area contributed by atoms with Gasteiger partial charge >= 0.3 is 0 Å². The number of aryl methyl sites for hydroxylation is 1. The van der Waals surface area contributed by atoms with Crippen molar-refractivity contribution < 1.29 is 18.9 Å². The van der Waals surface area contributed by atoms with Crippen molar-refractivity contribution >= 4 is 22.4 Å². The van der Waals surface area contributed by atoms with Gasteiger partial charge in [-0.3, -0.25) is 0 Å². The van der Waals surface area contributed by atoms with Crippen molar-refractivity contribution in [2.75, 3.05) is 39.1 Å². The standard InChI is InChI=1S/C29H31N7O4/c1-35-23(15-32-34-35)22-12-20-13-28(30)31-14-21(20)29(33-22)36(16-18-6-8-24(37-2)26(10-18)39-4)17-19-7-9-25(38-3)27(11-19)40-5/h6-15H,16-17H2,1-5H3,(H2,30,31). The molecule has 0 aliphatic carbocycles. The van der Waals surface area contributed by atoms with Crippen LogP contribution in [0, 0.1) is 0 Å². The summed E-state index contributed by atoms with van der Waals surface area (Å²) in [7, 11) is 8.32. The third-order valence-electron chi connectivity index (χ3n) is 6.64. The molecule has 3 aromatic heterocycles. The molecular weight excluding hydrogens is 510 g/mol. The first-order chi connectivity index (χ1) is 19.4. The van der Waals surface area contributed by atoms with E-state index in [-0.39, 0.29) is 0 Å². The summed E-state index contributed by atoms with van der Waals surface area (Å²) in [6.07, 6.45) is 3.45. The number of aromatic nitrogens is 5. The van der Waals surface area contributed by atoms with Crippen molar-refractivity contribution in [1.82, 2.24) is 25.0 Å². The van der Waals surface area contributed by atoms with Crippen LogP contribution in [0.2, 0.25) is 0 Å². The van der Waals surface area contributed by atoms with E-state index >= 15 is 0 Å². The fourth-order valence-corrected chi connectivity index (χ4v) is 4.65. The Labute approximate surface area is 232 Å². The molecular formula is C29H31N7O4. The summed E-state index contributed by atoms with van der Waals surface area (Å²) in [5.41, 5.74) is 9.58. The number of hydrogen-bond acceptors (Lipinski definition) is 10.